The number of halogens is 4. The second-order valence-electron chi connectivity index (χ2n) is 13.3. The number of imide groups is 1. The minimum absolute atomic E-state index is 0.0543. The molecule has 0 aliphatic heterocycles. The minimum atomic E-state index is -1.17. The Morgan fingerprint density at radius 3 is 1.69 bits per heavy atom. The largest absolute Gasteiger partial charge is 0.497 e. The quantitative estimate of drug-likeness (QED) is 0.158. The fourth-order valence-corrected chi connectivity index (χ4v) is 8.97. The molecule has 0 atom stereocenters. The number of benzene rings is 4. The molecule has 0 saturated heterocycles. The number of fused-ring (bicyclic) bond motifs is 6. The average Bonchev–Trinajstić information content (AvgIpc) is 3.77. The van der Waals surface area contributed by atoms with Crippen molar-refractivity contribution in [3.05, 3.63) is 129 Å². The lowest BCUT2D eigenvalue weighted by Gasteiger charge is -2.20. The number of rotatable bonds is 7. The molecule has 1 N–H and O–H groups in total. The van der Waals surface area contributed by atoms with Crippen LogP contribution in [0.15, 0.2) is 72.8 Å². The normalized spacial score (nSPS) is 12.5. The summed E-state index contributed by atoms with van der Waals surface area (Å²) in [6, 6.07) is 18.1. The van der Waals surface area contributed by atoms with Crippen LogP contribution in [0.2, 0.25) is 0 Å². The van der Waals surface area contributed by atoms with Gasteiger partial charge in [0.05, 0.1) is 42.0 Å². The number of nitrogens with one attached hydrogen (secondary N) is 1. The maximum atomic E-state index is 14.5. The van der Waals surface area contributed by atoms with Gasteiger partial charge in [-0.1, -0.05) is 24.3 Å². The molecule has 8 rings (SSSR count). The molecule has 16 heteroatoms. The molecule has 0 saturated carbocycles. The molecule has 2 aliphatic carbocycles. The lowest BCUT2D eigenvalue weighted by Crippen LogP contribution is -2.38. The predicted molar refractivity (Wildman–Crippen MR) is 217 cm³/mol. The van der Waals surface area contributed by atoms with Gasteiger partial charge in [-0.3, -0.25) is 9.59 Å². The van der Waals surface area contributed by atoms with Crippen molar-refractivity contribution in [1.82, 2.24) is 9.97 Å². The van der Waals surface area contributed by atoms with Crippen molar-refractivity contribution >= 4 is 52.0 Å². The molecule has 0 radical (unpaired) electrons. The predicted octanol–water partition coefficient (Wildman–Crippen LogP) is 10.2. The number of methoxy groups -OCH3 is 2. The standard InChI is InChI=1S/C23H20F2N2O4S.C20H16F2N2O2S/c1-3-31-23(29)27(19-16(24)7-5-8-17(19)25)22(28)21-26-18-9-4-6-13-10-11-14(30-2)12-15(13)20(18)32-21;1-26-12-9-8-11-4-2-7-16-18(13(11)10-12)27-20(23-16)19(25)24-17-14(21)5-3-6-15(17)22/h5,7-8,10-12H,3-4,6,9H2,1-2H3;3,5-6,8-10H,2,4,7H2,1H3,(H,24,25). The first-order valence-electron chi connectivity index (χ1n) is 18.6. The number of aryl methyl sites for hydroxylation is 4. The summed E-state index contributed by atoms with van der Waals surface area (Å²) in [5.41, 5.74) is 4.43. The maximum absolute atomic E-state index is 14.5. The Labute approximate surface area is 344 Å². The fourth-order valence-electron chi connectivity index (χ4n) is 6.81. The lowest BCUT2D eigenvalue weighted by molar-refractivity contribution is 0.0963. The smallest absolute Gasteiger partial charge is 0.421 e. The van der Waals surface area contributed by atoms with Crippen LogP contribution in [-0.2, 0) is 30.4 Å². The summed E-state index contributed by atoms with van der Waals surface area (Å²) in [4.78, 5) is 49.3. The average molecular weight is 845 g/mol. The molecule has 59 heavy (non-hydrogen) atoms. The number of anilines is 2. The topological polar surface area (TPSA) is 120 Å². The molecule has 0 fully saturated rings. The first-order chi connectivity index (χ1) is 28.5. The van der Waals surface area contributed by atoms with Gasteiger partial charge in [0.25, 0.3) is 11.8 Å². The van der Waals surface area contributed by atoms with Crippen LogP contribution in [-0.4, -0.2) is 48.7 Å². The number of aromatic nitrogens is 2. The van der Waals surface area contributed by atoms with Gasteiger partial charge in [0.15, 0.2) is 21.6 Å². The van der Waals surface area contributed by atoms with Gasteiger partial charge >= 0.3 is 6.09 Å². The van der Waals surface area contributed by atoms with Gasteiger partial charge < -0.3 is 19.5 Å². The van der Waals surface area contributed by atoms with E-state index >= 15 is 0 Å². The van der Waals surface area contributed by atoms with Crippen LogP contribution in [0.5, 0.6) is 11.5 Å². The minimum Gasteiger partial charge on any atom is -0.497 e. The molecule has 3 amide bonds. The summed E-state index contributed by atoms with van der Waals surface area (Å²) < 4.78 is 72.1. The van der Waals surface area contributed by atoms with Gasteiger partial charge in [-0.25, -0.2) is 37.2 Å². The van der Waals surface area contributed by atoms with E-state index in [0.717, 1.165) is 112 Å². The number of carbonyl (C=O) groups excluding carboxylic acids is 3. The number of amides is 3. The van der Waals surface area contributed by atoms with Crippen molar-refractivity contribution in [3.63, 3.8) is 0 Å². The number of nitrogens with zero attached hydrogens (tertiary/aromatic N) is 3. The molecule has 2 aromatic heterocycles. The summed E-state index contributed by atoms with van der Waals surface area (Å²) in [6.07, 6.45) is 3.71. The Balaban J connectivity index is 0.000000181. The number of ether oxygens (including phenoxy) is 3. The van der Waals surface area contributed by atoms with E-state index in [9.17, 15) is 31.9 Å². The fraction of sp³-hybridized carbons (Fsp3) is 0.233. The zero-order chi connectivity index (χ0) is 41.8. The van der Waals surface area contributed by atoms with Crippen LogP contribution in [0, 0.1) is 23.3 Å². The van der Waals surface area contributed by atoms with Crippen LogP contribution in [0.3, 0.4) is 0 Å². The number of carbonyl (C=O) groups is 3. The Morgan fingerprint density at radius 1 is 0.695 bits per heavy atom. The molecule has 6 aromatic rings. The van der Waals surface area contributed by atoms with E-state index in [1.54, 1.807) is 14.2 Å². The molecule has 0 bridgehead atoms. The number of para-hydroxylation sites is 2. The molecule has 0 spiro atoms. The summed E-state index contributed by atoms with van der Waals surface area (Å²) in [5, 5.41) is 2.43. The van der Waals surface area contributed by atoms with Crippen molar-refractivity contribution in [2.24, 2.45) is 0 Å². The van der Waals surface area contributed by atoms with E-state index < -0.39 is 52.6 Å². The molecule has 0 unspecified atom stereocenters. The van der Waals surface area contributed by atoms with Crippen molar-refractivity contribution in [1.29, 1.82) is 0 Å². The number of thiazole rings is 2. The van der Waals surface area contributed by atoms with Crippen LogP contribution in [0.1, 0.15) is 61.9 Å². The molecule has 2 aliphatic rings. The van der Waals surface area contributed by atoms with Gasteiger partial charge in [0.1, 0.15) is 34.5 Å². The number of hydrogen-bond donors (Lipinski definition) is 1. The van der Waals surface area contributed by atoms with E-state index in [2.05, 4.69) is 15.3 Å². The monoisotopic (exact) mass is 844 g/mol. The Hall–Kier alpha value is -6.13. The van der Waals surface area contributed by atoms with Gasteiger partial charge in [-0.15, -0.1) is 22.7 Å². The summed E-state index contributed by atoms with van der Waals surface area (Å²) in [5.74, 6) is -3.93. The molecular formula is C43H36F4N4O6S2. The molecule has 10 nitrogen and oxygen atoms in total. The van der Waals surface area contributed by atoms with Crippen molar-refractivity contribution in [3.8, 4) is 32.4 Å². The van der Waals surface area contributed by atoms with Crippen LogP contribution in [0.4, 0.5) is 33.7 Å². The third-order valence-electron chi connectivity index (χ3n) is 9.63. The van der Waals surface area contributed by atoms with Crippen LogP contribution < -0.4 is 19.7 Å². The summed E-state index contributed by atoms with van der Waals surface area (Å²) in [7, 11) is 3.18. The Morgan fingerprint density at radius 2 is 1.19 bits per heavy atom. The van der Waals surface area contributed by atoms with E-state index in [1.807, 2.05) is 36.4 Å². The van der Waals surface area contributed by atoms with Crippen LogP contribution in [0.25, 0.3) is 20.9 Å². The molecular weight excluding hydrogens is 809 g/mol. The highest BCUT2D eigenvalue weighted by atomic mass is 32.1. The summed E-state index contributed by atoms with van der Waals surface area (Å²) in [6.45, 7) is 1.47. The van der Waals surface area contributed by atoms with Crippen molar-refractivity contribution in [2.75, 3.05) is 31.0 Å². The van der Waals surface area contributed by atoms with Gasteiger partial charge in [0.2, 0.25) is 0 Å². The van der Waals surface area contributed by atoms with E-state index in [0.29, 0.717) is 22.8 Å². The molecule has 4 aromatic carbocycles. The van der Waals surface area contributed by atoms with E-state index in [4.69, 9.17) is 14.2 Å². The van der Waals surface area contributed by atoms with E-state index in [1.165, 1.54) is 29.9 Å². The highest BCUT2D eigenvalue weighted by Gasteiger charge is 2.34. The lowest BCUT2D eigenvalue weighted by atomic mass is 10.0. The zero-order valence-electron chi connectivity index (χ0n) is 32.0. The first-order valence-corrected chi connectivity index (χ1v) is 20.2. The Kier molecular flexibility index (Phi) is 12.4. The van der Waals surface area contributed by atoms with Gasteiger partial charge in [-0.2, -0.15) is 0 Å². The molecule has 2 heterocycles. The van der Waals surface area contributed by atoms with Gasteiger partial charge in [0, 0.05) is 11.1 Å². The Bertz CT molecular complexity index is 2540. The van der Waals surface area contributed by atoms with Crippen molar-refractivity contribution < 1.29 is 46.2 Å². The van der Waals surface area contributed by atoms with Crippen molar-refractivity contribution in [2.45, 2.75) is 45.4 Å². The highest BCUT2D eigenvalue weighted by molar-refractivity contribution is 7.17. The van der Waals surface area contributed by atoms with E-state index in [-0.39, 0.29) is 16.6 Å². The summed E-state index contributed by atoms with van der Waals surface area (Å²) >= 11 is 2.30. The highest BCUT2D eigenvalue weighted by Crippen LogP contribution is 2.41. The zero-order valence-corrected chi connectivity index (χ0v) is 33.6. The first kappa shape index (κ1) is 41.0. The second-order valence-corrected chi connectivity index (χ2v) is 15.3. The third kappa shape index (κ3) is 8.54. The SMILES string of the molecule is CCOC(=O)N(C(=O)c1nc2c(s1)-c1cc(OC)ccc1CCC2)c1c(F)cccc1F.COc1ccc2c(c1)-c1sc(C(=O)Nc3c(F)cccc3F)nc1CCC2. The third-order valence-corrected chi connectivity index (χ3v) is 11.9. The van der Waals surface area contributed by atoms with Crippen LogP contribution >= 0.6 is 22.7 Å². The maximum Gasteiger partial charge on any atom is 0.421 e. The van der Waals surface area contributed by atoms with Gasteiger partial charge in [-0.05, 0) is 105 Å². The molecule has 304 valence electrons. The number of hydrogen-bond acceptors (Lipinski definition) is 10. The second kappa shape index (κ2) is 17.8.